The van der Waals surface area contributed by atoms with Crippen molar-refractivity contribution in [1.29, 1.82) is 0 Å². The van der Waals surface area contributed by atoms with Gasteiger partial charge in [0.1, 0.15) is 18.2 Å². The van der Waals surface area contributed by atoms with Gasteiger partial charge in [0.15, 0.2) is 11.4 Å². The maximum Gasteiger partial charge on any atom is 0.216 e. The molecule has 0 atom stereocenters. The topological polar surface area (TPSA) is 21.4 Å². The summed E-state index contributed by atoms with van der Waals surface area (Å²) in [4.78, 5) is 3.59. The molecule has 3 nitrogen and oxygen atoms in total. The number of aromatic nitrogens is 1. The van der Waals surface area contributed by atoms with Crippen LogP contribution in [0.25, 0.3) is 49.2 Å². The van der Waals surface area contributed by atoms with Gasteiger partial charge in [-0.3, -0.25) is 0 Å². The van der Waals surface area contributed by atoms with Gasteiger partial charge in [-0.25, -0.2) is 4.85 Å². The third-order valence-electron chi connectivity index (χ3n) is 5.62. The fourth-order valence-electron chi connectivity index (χ4n) is 4.04. The minimum atomic E-state index is -0.512. The van der Waals surface area contributed by atoms with E-state index in [1.807, 2.05) is 26.0 Å². The highest BCUT2D eigenvalue weighted by Gasteiger charge is 2.24. The van der Waals surface area contributed by atoms with Gasteiger partial charge in [0.2, 0.25) is 5.69 Å². The lowest BCUT2D eigenvalue weighted by molar-refractivity contribution is -0.666. The quantitative estimate of drug-likeness (QED) is 0.222. The summed E-state index contributed by atoms with van der Waals surface area (Å²) >= 11 is 0. The maximum atomic E-state index is 8.85. The van der Waals surface area contributed by atoms with Crippen LogP contribution in [0.4, 0.5) is 5.69 Å². The second-order valence-electron chi connectivity index (χ2n) is 7.55. The van der Waals surface area contributed by atoms with Crippen molar-refractivity contribution in [3.63, 3.8) is 0 Å². The van der Waals surface area contributed by atoms with Crippen molar-refractivity contribution in [3.05, 3.63) is 94.8 Å². The highest BCUT2D eigenvalue weighted by Crippen LogP contribution is 2.44. The number of nitrogens with zero attached hydrogens (tertiary/aromatic N) is 2. The van der Waals surface area contributed by atoms with Gasteiger partial charge >= 0.3 is 0 Å². The first kappa shape index (κ1) is 12.7. The predicted molar refractivity (Wildman–Crippen MR) is 126 cm³/mol. The molecule has 0 spiro atoms. The lowest BCUT2D eigenvalue weighted by Crippen LogP contribution is -2.35. The van der Waals surface area contributed by atoms with E-state index in [0.717, 1.165) is 5.56 Å². The van der Waals surface area contributed by atoms with E-state index < -0.39 is 30.2 Å². The molecule has 0 saturated carbocycles. The number of aryl methyl sites for hydroxylation is 1. The van der Waals surface area contributed by atoms with Crippen molar-refractivity contribution in [2.45, 2.75) is 20.8 Å². The first-order valence-electron chi connectivity index (χ1n) is 13.3. The van der Waals surface area contributed by atoms with Gasteiger partial charge in [-0.1, -0.05) is 54.5 Å². The van der Waals surface area contributed by atoms with Crippen LogP contribution in [0.15, 0.2) is 71.0 Å². The van der Waals surface area contributed by atoms with Crippen LogP contribution < -0.4 is 4.57 Å². The van der Waals surface area contributed by atoms with E-state index in [4.69, 9.17) is 20.6 Å². The zero-order valence-corrected chi connectivity index (χ0v) is 17.6. The molecule has 0 N–H and O–H groups in total. The smallest absolute Gasteiger partial charge is 0.216 e. The molecule has 3 aromatic carbocycles. The molecule has 2 heterocycles. The standard InChI is InChI=1S/C28H23N2O/c1-17-15-19(3)30(5)24(16-17)25-18(2)11-12-21-22-13-14-23(29-4)26(28(22)31-27(21)25)20-9-7-6-8-10-20/h6-16H,1-3,5H3/q+1/i6D,7D,8D,9D,10D,15D,16D. The van der Waals surface area contributed by atoms with E-state index in [1.54, 1.807) is 30.7 Å². The molecule has 0 radical (unpaired) electrons. The molecule has 150 valence electrons. The number of pyridine rings is 1. The second kappa shape index (κ2) is 7.11. The predicted octanol–water partition coefficient (Wildman–Crippen LogP) is 7.22. The van der Waals surface area contributed by atoms with E-state index in [9.17, 15) is 0 Å². The van der Waals surface area contributed by atoms with E-state index in [2.05, 4.69) is 4.85 Å². The molecule has 5 aromatic rings. The van der Waals surface area contributed by atoms with Gasteiger partial charge in [-0.2, -0.15) is 4.57 Å². The molecule has 0 aliphatic rings. The molecule has 0 saturated heterocycles. The minimum absolute atomic E-state index is 0.0955. The molecule has 31 heavy (non-hydrogen) atoms. The van der Waals surface area contributed by atoms with Crippen LogP contribution in [0.5, 0.6) is 0 Å². The fourth-order valence-corrected chi connectivity index (χ4v) is 4.04. The Labute approximate surface area is 191 Å². The lowest BCUT2D eigenvalue weighted by atomic mass is 9.97. The van der Waals surface area contributed by atoms with Crippen LogP contribution in [-0.2, 0) is 7.05 Å². The molecular formula is C28H23N2O+. The molecule has 0 bridgehead atoms. The van der Waals surface area contributed by atoms with E-state index in [-0.39, 0.29) is 28.4 Å². The number of hydrogen-bond acceptors (Lipinski definition) is 1. The number of benzene rings is 3. The van der Waals surface area contributed by atoms with Gasteiger partial charge < -0.3 is 4.42 Å². The Balaban J connectivity index is 2.00. The summed E-state index contributed by atoms with van der Waals surface area (Å²) in [7, 11) is 1.80. The molecule has 0 aliphatic heterocycles. The Bertz CT molecular complexity index is 1840. The average Bonchev–Trinajstić information content (AvgIpc) is 3.28. The van der Waals surface area contributed by atoms with Crippen LogP contribution >= 0.6 is 0 Å². The van der Waals surface area contributed by atoms with Gasteiger partial charge in [0.25, 0.3) is 0 Å². The van der Waals surface area contributed by atoms with Gasteiger partial charge in [-0.05, 0) is 30.5 Å². The lowest BCUT2D eigenvalue weighted by Gasteiger charge is -2.08. The van der Waals surface area contributed by atoms with Gasteiger partial charge in [0, 0.05) is 35.3 Å². The Hall–Kier alpha value is -3.90. The van der Waals surface area contributed by atoms with Crippen molar-refractivity contribution < 1.29 is 18.6 Å². The van der Waals surface area contributed by atoms with Crippen molar-refractivity contribution in [2.24, 2.45) is 7.05 Å². The van der Waals surface area contributed by atoms with Crippen LogP contribution in [0.2, 0.25) is 0 Å². The first-order chi connectivity index (χ1) is 17.9. The first-order valence-corrected chi connectivity index (χ1v) is 9.82. The van der Waals surface area contributed by atoms with Crippen LogP contribution in [-0.4, -0.2) is 0 Å². The van der Waals surface area contributed by atoms with Gasteiger partial charge in [0.05, 0.1) is 21.7 Å². The maximum absolute atomic E-state index is 8.85. The Kier molecular flexibility index (Phi) is 2.92. The van der Waals surface area contributed by atoms with Crippen LogP contribution in [0, 0.1) is 27.3 Å². The summed E-state index contributed by atoms with van der Waals surface area (Å²) < 4.78 is 66.8. The number of rotatable bonds is 2. The van der Waals surface area contributed by atoms with E-state index >= 15 is 0 Å². The van der Waals surface area contributed by atoms with Crippen LogP contribution in [0.1, 0.15) is 26.4 Å². The second-order valence-corrected chi connectivity index (χ2v) is 7.55. The summed E-state index contributed by atoms with van der Waals surface area (Å²) in [5.74, 6) is 0. The van der Waals surface area contributed by atoms with E-state index in [0.29, 0.717) is 44.9 Å². The molecule has 3 heteroatoms. The fraction of sp³-hybridized carbons (Fsp3) is 0.143. The van der Waals surface area contributed by atoms with Gasteiger partial charge in [-0.15, -0.1) is 0 Å². The summed E-state index contributed by atoms with van der Waals surface area (Å²) in [6.45, 7) is 13.2. The number of fused-ring (bicyclic) bond motifs is 3. The van der Waals surface area contributed by atoms with Crippen molar-refractivity contribution >= 4 is 27.6 Å². The van der Waals surface area contributed by atoms with Crippen molar-refractivity contribution in [1.82, 2.24) is 0 Å². The number of hydrogen-bond donors (Lipinski definition) is 0. The molecule has 2 aromatic heterocycles. The van der Waals surface area contributed by atoms with Crippen molar-refractivity contribution in [2.75, 3.05) is 0 Å². The van der Waals surface area contributed by atoms with E-state index in [1.165, 1.54) is 0 Å². The Morgan fingerprint density at radius 2 is 1.58 bits per heavy atom. The Morgan fingerprint density at radius 1 is 0.903 bits per heavy atom. The SMILES string of the molecule is [2H]c1c([2H])c([2H])c(-c2c([N+]#[C-])ccc3c2oc2c(-c4c([2H])c(C)c([2H])c(C)[n+]4C)c(C)ccc23)c([2H])c1[2H]. The highest BCUT2D eigenvalue weighted by molar-refractivity contribution is 6.15. The molecule has 0 unspecified atom stereocenters. The van der Waals surface area contributed by atoms with Crippen LogP contribution in [0.3, 0.4) is 0 Å². The minimum Gasteiger partial charge on any atom is -0.456 e. The normalized spacial score (nSPS) is 14.4. The van der Waals surface area contributed by atoms with Crippen molar-refractivity contribution in [3.8, 4) is 22.4 Å². The molecule has 0 fully saturated rings. The Morgan fingerprint density at radius 3 is 2.29 bits per heavy atom. The third-order valence-corrected chi connectivity index (χ3v) is 5.62. The monoisotopic (exact) mass is 410 g/mol. The average molecular weight is 411 g/mol. The molecule has 5 rings (SSSR count). The summed E-state index contributed by atoms with van der Waals surface area (Å²) in [5, 5.41) is 1.32. The highest BCUT2D eigenvalue weighted by atomic mass is 16.3. The summed E-state index contributed by atoms with van der Waals surface area (Å²) in [6.07, 6.45) is 0. The number of furan rings is 1. The zero-order chi connectivity index (χ0) is 27.8. The zero-order valence-electron chi connectivity index (χ0n) is 24.6. The summed E-state index contributed by atoms with van der Waals surface area (Å²) in [6, 6.07) is 5.27. The molecule has 0 amide bonds. The molecule has 0 aliphatic carbocycles. The molecular weight excluding hydrogens is 380 g/mol. The summed E-state index contributed by atoms with van der Waals surface area (Å²) in [5.41, 5.74) is 4.14. The third kappa shape index (κ3) is 2.92. The largest absolute Gasteiger partial charge is 0.456 e.